The van der Waals surface area contributed by atoms with Crippen LogP contribution in [0.15, 0.2) is 48.8 Å². The minimum atomic E-state index is -1.00. The largest absolute Gasteiger partial charge is 0.496 e. The molecular formula is C22H24N4O3. The van der Waals surface area contributed by atoms with Gasteiger partial charge >= 0.3 is 5.97 Å². The summed E-state index contributed by atoms with van der Waals surface area (Å²) in [6, 6.07) is 11.6. The minimum absolute atomic E-state index is 0.0829. The molecule has 1 N–H and O–H groups in total. The number of hydrogen-bond donors (Lipinski definition) is 1. The number of aromatic carboxylic acids is 1. The molecule has 1 aliphatic rings. The van der Waals surface area contributed by atoms with Gasteiger partial charge in [-0.25, -0.2) is 9.78 Å². The monoisotopic (exact) mass is 392 g/mol. The van der Waals surface area contributed by atoms with Crippen molar-refractivity contribution in [2.24, 2.45) is 0 Å². The molecule has 1 aromatic carbocycles. The Morgan fingerprint density at radius 1 is 1.24 bits per heavy atom. The summed E-state index contributed by atoms with van der Waals surface area (Å²) in [5.41, 5.74) is 4.14. The summed E-state index contributed by atoms with van der Waals surface area (Å²) in [6.45, 7) is 4.46. The first-order valence-electron chi connectivity index (χ1n) is 9.71. The Balaban J connectivity index is 1.42. The van der Waals surface area contributed by atoms with Crippen LogP contribution in [0, 0.1) is 0 Å². The highest BCUT2D eigenvalue weighted by Gasteiger charge is 2.29. The summed E-state index contributed by atoms with van der Waals surface area (Å²) < 4.78 is 7.65. The minimum Gasteiger partial charge on any atom is -0.496 e. The molecule has 0 amide bonds. The lowest BCUT2D eigenvalue weighted by Crippen LogP contribution is -2.47. The zero-order chi connectivity index (χ0) is 20.4. The fourth-order valence-electron chi connectivity index (χ4n) is 3.76. The maximum Gasteiger partial charge on any atom is 0.354 e. The van der Waals surface area contributed by atoms with Gasteiger partial charge in [0, 0.05) is 37.0 Å². The first kappa shape index (κ1) is 19.1. The lowest BCUT2D eigenvalue weighted by atomic mass is 10.0. The Hall–Kier alpha value is -3.19. The van der Waals surface area contributed by atoms with Gasteiger partial charge in [-0.15, -0.1) is 0 Å². The number of likely N-dealkylation sites (tertiary alicyclic amines) is 1. The molecule has 0 radical (unpaired) electrons. The summed E-state index contributed by atoms with van der Waals surface area (Å²) in [4.78, 5) is 17.5. The fourth-order valence-corrected chi connectivity index (χ4v) is 3.76. The van der Waals surface area contributed by atoms with E-state index in [1.54, 1.807) is 13.2 Å². The van der Waals surface area contributed by atoms with E-state index in [1.165, 1.54) is 11.6 Å². The number of rotatable bonds is 7. The molecule has 0 bridgehead atoms. The summed E-state index contributed by atoms with van der Waals surface area (Å²) in [5.74, 6) is -0.0888. The van der Waals surface area contributed by atoms with Crippen molar-refractivity contribution in [2.75, 3.05) is 20.2 Å². The van der Waals surface area contributed by atoms with E-state index >= 15 is 0 Å². The van der Waals surface area contributed by atoms with Gasteiger partial charge in [0.1, 0.15) is 11.4 Å². The number of carboxylic acid groups (broad SMARTS) is 1. The van der Waals surface area contributed by atoms with Gasteiger partial charge in [0.05, 0.1) is 25.0 Å². The molecule has 0 aliphatic carbocycles. The number of para-hydroxylation sites is 1. The molecule has 1 fully saturated rings. The predicted molar refractivity (Wildman–Crippen MR) is 109 cm³/mol. The number of pyridine rings is 1. The van der Waals surface area contributed by atoms with Gasteiger partial charge in [-0.3, -0.25) is 9.58 Å². The predicted octanol–water partition coefficient (Wildman–Crippen LogP) is 3.27. The zero-order valence-electron chi connectivity index (χ0n) is 16.6. The summed E-state index contributed by atoms with van der Waals surface area (Å²) >= 11 is 0. The Morgan fingerprint density at radius 2 is 2.03 bits per heavy atom. The van der Waals surface area contributed by atoms with Crippen LogP contribution < -0.4 is 4.74 Å². The Morgan fingerprint density at radius 3 is 2.76 bits per heavy atom. The maximum absolute atomic E-state index is 11.1. The van der Waals surface area contributed by atoms with E-state index in [1.807, 2.05) is 16.9 Å². The number of benzene rings is 1. The maximum atomic E-state index is 11.1. The van der Waals surface area contributed by atoms with Gasteiger partial charge in [0.25, 0.3) is 0 Å². The average molecular weight is 392 g/mol. The lowest BCUT2D eigenvalue weighted by Gasteiger charge is -2.39. The molecule has 0 spiro atoms. The van der Waals surface area contributed by atoms with E-state index in [4.69, 9.17) is 9.84 Å². The van der Waals surface area contributed by atoms with Crippen LogP contribution in [0.1, 0.15) is 34.7 Å². The number of hydrogen-bond acceptors (Lipinski definition) is 5. The number of nitrogens with zero attached hydrogens (tertiary/aromatic N) is 4. The number of carboxylic acids is 1. The standard InChI is InChI=1S/C22H24N4O3/c1-3-15-6-4-8-19(21(15)29-2)16-10-23-26(11-16)18-13-25(14-18)12-17-7-5-9-20(24-17)22(27)28/h4-11,18H,3,12-14H2,1-2H3,(H,27,28). The average Bonchev–Trinajstić information content (AvgIpc) is 3.19. The van der Waals surface area contributed by atoms with E-state index in [2.05, 4.69) is 46.3 Å². The van der Waals surface area contributed by atoms with Crippen molar-refractivity contribution in [2.45, 2.75) is 25.9 Å². The van der Waals surface area contributed by atoms with Gasteiger partial charge in [0.15, 0.2) is 0 Å². The molecule has 3 aromatic rings. The lowest BCUT2D eigenvalue weighted by molar-refractivity contribution is 0.0687. The molecule has 4 rings (SSSR count). The van der Waals surface area contributed by atoms with Gasteiger partial charge in [-0.1, -0.05) is 31.2 Å². The summed E-state index contributed by atoms with van der Waals surface area (Å²) in [7, 11) is 1.71. The second-order valence-corrected chi connectivity index (χ2v) is 7.23. The highest BCUT2D eigenvalue weighted by Crippen LogP contribution is 2.34. The van der Waals surface area contributed by atoms with Crippen LogP contribution >= 0.6 is 0 Å². The molecule has 0 saturated carbocycles. The second-order valence-electron chi connectivity index (χ2n) is 7.23. The van der Waals surface area contributed by atoms with E-state index in [0.29, 0.717) is 12.6 Å². The fraction of sp³-hybridized carbons (Fsp3) is 0.318. The highest BCUT2D eigenvalue weighted by molar-refractivity contribution is 5.85. The van der Waals surface area contributed by atoms with Crippen molar-refractivity contribution < 1.29 is 14.6 Å². The van der Waals surface area contributed by atoms with Crippen molar-refractivity contribution in [1.82, 2.24) is 19.7 Å². The second kappa shape index (κ2) is 8.05. The molecule has 1 aliphatic heterocycles. The molecule has 29 heavy (non-hydrogen) atoms. The van der Waals surface area contributed by atoms with Crippen LogP contribution in [0.5, 0.6) is 5.75 Å². The molecule has 3 heterocycles. The van der Waals surface area contributed by atoms with Crippen molar-refractivity contribution in [3.05, 3.63) is 65.7 Å². The molecule has 0 unspecified atom stereocenters. The summed E-state index contributed by atoms with van der Waals surface area (Å²) in [5, 5.41) is 13.6. The van der Waals surface area contributed by atoms with Crippen LogP contribution in [-0.4, -0.2) is 50.9 Å². The third-order valence-electron chi connectivity index (χ3n) is 5.32. The first-order chi connectivity index (χ1) is 14.1. The van der Waals surface area contributed by atoms with Gasteiger partial charge in [-0.05, 0) is 24.1 Å². The molecule has 150 valence electrons. The van der Waals surface area contributed by atoms with Crippen LogP contribution in [0.2, 0.25) is 0 Å². The Kier molecular flexibility index (Phi) is 5.31. The Bertz CT molecular complexity index is 1020. The third kappa shape index (κ3) is 3.86. The quantitative estimate of drug-likeness (QED) is 0.665. The summed E-state index contributed by atoms with van der Waals surface area (Å²) in [6.07, 6.45) is 4.88. The third-order valence-corrected chi connectivity index (χ3v) is 5.32. The zero-order valence-corrected chi connectivity index (χ0v) is 16.6. The number of ether oxygens (including phenoxy) is 1. The van der Waals surface area contributed by atoms with Crippen LogP contribution in [0.3, 0.4) is 0 Å². The number of aryl methyl sites for hydroxylation is 1. The van der Waals surface area contributed by atoms with E-state index in [-0.39, 0.29) is 5.69 Å². The highest BCUT2D eigenvalue weighted by atomic mass is 16.5. The van der Waals surface area contributed by atoms with Crippen LogP contribution in [-0.2, 0) is 13.0 Å². The normalized spacial score (nSPS) is 14.6. The smallest absolute Gasteiger partial charge is 0.354 e. The number of carbonyl (C=O) groups is 1. The number of methoxy groups -OCH3 is 1. The molecular weight excluding hydrogens is 368 g/mol. The number of aromatic nitrogens is 3. The van der Waals surface area contributed by atoms with E-state index < -0.39 is 5.97 Å². The Labute approximate surface area is 169 Å². The first-order valence-corrected chi connectivity index (χ1v) is 9.71. The van der Waals surface area contributed by atoms with E-state index in [9.17, 15) is 4.79 Å². The van der Waals surface area contributed by atoms with Crippen molar-refractivity contribution in [3.63, 3.8) is 0 Å². The van der Waals surface area contributed by atoms with Gasteiger partial charge in [0.2, 0.25) is 0 Å². The van der Waals surface area contributed by atoms with Gasteiger partial charge < -0.3 is 9.84 Å². The SMILES string of the molecule is CCc1cccc(-c2cnn(C3CN(Cc4cccc(C(=O)O)n4)C3)c2)c1OC. The molecule has 7 heteroatoms. The van der Waals surface area contributed by atoms with Gasteiger partial charge in [-0.2, -0.15) is 5.10 Å². The molecule has 1 saturated heterocycles. The van der Waals surface area contributed by atoms with Crippen molar-refractivity contribution >= 4 is 5.97 Å². The van der Waals surface area contributed by atoms with E-state index in [0.717, 1.165) is 42.1 Å². The molecule has 0 atom stereocenters. The molecule has 7 nitrogen and oxygen atoms in total. The van der Waals surface area contributed by atoms with Crippen LogP contribution in [0.25, 0.3) is 11.1 Å². The topological polar surface area (TPSA) is 80.5 Å². The van der Waals surface area contributed by atoms with Crippen molar-refractivity contribution in [1.29, 1.82) is 0 Å². The van der Waals surface area contributed by atoms with Crippen LogP contribution in [0.4, 0.5) is 0 Å². The molecule has 2 aromatic heterocycles. The van der Waals surface area contributed by atoms with Crippen molar-refractivity contribution in [3.8, 4) is 16.9 Å².